The molecular weight excluding hydrogens is 242 g/mol. The molecule has 1 N–H and O–H groups in total. The third-order valence-corrected chi connectivity index (χ3v) is 2.90. The van der Waals surface area contributed by atoms with Gasteiger partial charge < -0.3 is 4.74 Å². The van der Waals surface area contributed by atoms with Crippen LogP contribution in [0.15, 0.2) is 10.2 Å². The van der Waals surface area contributed by atoms with E-state index in [2.05, 4.69) is 15.5 Å². The number of carbonyl (C=O) groups is 1. The van der Waals surface area contributed by atoms with Gasteiger partial charge >= 0.3 is 6.09 Å². The fourth-order valence-electron chi connectivity index (χ4n) is 2.07. The molecule has 110 valence electrons. The molecule has 0 saturated heterocycles. The lowest BCUT2D eigenvalue weighted by Crippen LogP contribution is -2.49. The second-order valence-corrected chi connectivity index (χ2v) is 6.54. The van der Waals surface area contributed by atoms with Crippen LogP contribution in [0.2, 0.25) is 0 Å². The molecular formula is C14H27N3O2. The van der Waals surface area contributed by atoms with Gasteiger partial charge in [0.15, 0.2) is 5.66 Å². The van der Waals surface area contributed by atoms with Gasteiger partial charge in [0.05, 0.1) is 11.6 Å². The van der Waals surface area contributed by atoms with Gasteiger partial charge in [-0.05, 0) is 60.3 Å². The molecule has 0 radical (unpaired) electrons. The SMILES string of the molecule is CC(C)OC(=O)NC1(N=NC(C)(C)C)CCCCC1. The Morgan fingerprint density at radius 1 is 1.21 bits per heavy atom. The Hall–Kier alpha value is -1.13. The monoisotopic (exact) mass is 269 g/mol. The summed E-state index contributed by atoms with van der Waals surface area (Å²) in [6, 6.07) is 0. The number of azo groups is 1. The summed E-state index contributed by atoms with van der Waals surface area (Å²) in [5.41, 5.74) is -0.800. The minimum atomic E-state index is -0.572. The van der Waals surface area contributed by atoms with Crippen molar-refractivity contribution in [1.29, 1.82) is 0 Å². The minimum Gasteiger partial charge on any atom is -0.447 e. The topological polar surface area (TPSA) is 63.0 Å². The molecule has 0 spiro atoms. The van der Waals surface area contributed by atoms with Crippen LogP contribution in [0.4, 0.5) is 4.79 Å². The van der Waals surface area contributed by atoms with Crippen molar-refractivity contribution in [2.24, 2.45) is 10.2 Å². The normalized spacial score (nSPS) is 19.7. The van der Waals surface area contributed by atoms with Crippen molar-refractivity contribution < 1.29 is 9.53 Å². The van der Waals surface area contributed by atoms with Gasteiger partial charge in [0.2, 0.25) is 0 Å². The molecule has 5 heteroatoms. The predicted octanol–water partition coefficient (Wildman–Crippen LogP) is 4.03. The van der Waals surface area contributed by atoms with Crippen molar-refractivity contribution in [2.45, 2.75) is 84.0 Å². The van der Waals surface area contributed by atoms with Gasteiger partial charge in [-0.3, -0.25) is 5.32 Å². The smallest absolute Gasteiger partial charge is 0.409 e. The molecule has 1 saturated carbocycles. The highest BCUT2D eigenvalue weighted by Crippen LogP contribution is 2.30. The lowest BCUT2D eigenvalue weighted by Gasteiger charge is -2.33. The fraction of sp³-hybridized carbons (Fsp3) is 0.929. The van der Waals surface area contributed by atoms with E-state index in [-0.39, 0.29) is 11.6 Å². The van der Waals surface area contributed by atoms with Crippen molar-refractivity contribution in [3.05, 3.63) is 0 Å². The third kappa shape index (κ3) is 6.03. The van der Waals surface area contributed by atoms with Gasteiger partial charge in [0.1, 0.15) is 0 Å². The Morgan fingerprint density at radius 2 is 1.79 bits per heavy atom. The number of rotatable bonds is 3. The number of nitrogens with one attached hydrogen (secondary N) is 1. The van der Waals surface area contributed by atoms with E-state index in [0.29, 0.717) is 0 Å². The summed E-state index contributed by atoms with van der Waals surface area (Å²) in [4.78, 5) is 11.8. The Morgan fingerprint density at radius 3 is 2.26 bits per heavy atom. The summed E-state index contributed by atoms with van der Waals surface area (Å²) in [6.45, 7) is 9.67. The first kappa shape index (κ1) is 15.9. The molecule has 0 aromatic rings. The van der Waals surface area contributed by atoms with Crippen LogP contribution in [0.25, 0.3) is 0 Å². The third-order valence-electron chi connectivity index (χ3n) is 2.90. The van der Waals surface area contributed by atoms with Gasteiger partial charge in [-0.15, -0.1) is 0 Å². The van der Waals surface area contributed by atoms with Crippen LogP contribution >= 0.6 is 0 Å². The van der Waals surface area contributed by atoms with Gasteiger partial charge in [0, 0.05) is 0 Å². The summed E-state index contributed by atoms with van der Waals surface area (Å²) >= 11 is 0. The Labute approximate surface area is 116 Å². The number of alkyl carbamates (subject to hydrolysis) is 1. The van der Waals surface area contributed by atoms with Gasteiger partial charge in [-0.25, -0.2) is 4.79 Å². The summed E-state index contributed by atoms with van der Waals surface area (Å²) in [7, 11) is 0. The van der Waals surface area contributed by atoms with Crippen LogP contribution in [0.5, 0.6) is 0 Å². The second kappa shape index (κ2) is 6.35. The number of ether oxygens (including phenoxy) is 1. The molecule has 0 atom stereocenters. The molecule has 0 bridgehead atoms. The Balaban J connectivity index is 2.75. The predicted molar refractivity (Wildman–Crippen MR) is 75.2 cm³/mol. The molecule has 0 aromatic heterocycles. The van der Waals surface area contributed by atoms with E-state index >= 15 is 0 Å². The average Bonchev–Trinajstić information content (AvgIpc) is 2.25. The summed E-state index contributed by atoms with van der Waals surface area (Å²) in [6.07, 6.45) is 4.45. The number of hydrogen-bond acceptors (Lipinski definition) is 4. The maximum Gasteiger partial charge on any atom is 0.409 e. The lowest BCUT2D eigenvalue weighted by molar-refractivity contribution is 0.0968. The highest BCUT2D eigenvalue weighted by molar-refractivity contribution is 5.68. The molecule has 0 aliphatic heterocycles. The van der Waals surface area contributed by atoms with Crippen LogP contribution in [0.3, 0.4) is 0 Å². The number of hydrogen-bond donors (Lipinski definition) is 1. The number of amides is 1. The van der Waals surface area contributed by atoms with Crippen LogP contribution in [0, 0.1) is 0 Å². The van der Waals surface area contributed by atoms with E-state index in [9.17, 15) is 4.79 Å². The Bertz CT molecular complexity index is 326. The average molecular weight is 269 g/mol. The summed E-state index contributed by atoms with van der Waals surface area (Å²) in [5.74, 6) is 0. The maximum absolute atomic E-state index is 11.8. The van der Waals surface area contributed by atoms with Crippen molar-refractivity contribution >= 4 is 6.09 Å². The lowest BCUT2D eigenvalue weighted by atomic mass is 9.90. The largest absolute Gasteiger partial charge is 0.447 e. The summed E-state index contributed by atoms with van der Waals surface area (Å²) in [5, 5.41) is 11.7. The van der Waals surface area contributed by atoms with Crippen LogP contribution in [0.1, 0.15) is 66.7 Å². The Kier molecular flexibility index (Phi) is 5.32. The van der Waals surface area contributed by atoms with E-state index in [1.165, 1.54) is 6.42 Å². The molecule has 0 aromatic carbocycles. The number of nitrogens with zero attached hydrogens (tertiary/aromatic N) is 2. The van der Waals surface area contributed by atoms with Crippen LogP contribution in [-0.2, 0) is 4.74 Å². The second-order valence-electron chi connectivity index (χ2n) is 6.54. The summed E-state index contributed by atoms with van der Waals surface area (Å²) < 4.78 is 5.16. The first-order valence-corrected chi connectivity index (χ1v) is 7.15. The molecule has 1 aliphatic carbocycles. The zero-order valence-electron chi connectivity index (χ0n) is 12.8. The van der Waals surface area contributed by atoms with Crippen molar-refractivity contribution in [3.8, 4) is 0 Å². The van der Waals surface area contributed by atoms with E-state index in [1.54, 1.807) is 0 Å². The minimum absolute atomic E-state index is 0.125. The quantitative estimate of drug-likeness (QED) is 0.786. The number of carbonyl (C=O) groups excluding carboxylic acids is 1. The molecule has 1 aliphatic rings. The highest BCUT2D eigenvalue weighted by atomic mass is 16.6. The van der Waals surface area contributed by atoms with E-state index in [4.69, 9.17) is 4.74 Å². The van der Waals surface area contributed by atoms with Crippen molar-refractivity contribution in [1.82, 2.24) is 5.32 Å². The molecule has 0 unspecified atom stereocenters. The van der Waals surface area contributed by atoms with Crippen molar-refractivity contribution in [3.63, 3.8) is 0 Å². The maximum atomic E-state index is 11.8. The standard InChI is InChI=1S/C14H27N3O2/c1-11(2)19-12(18)15-14(9-7-6-8-10-14)17-16-13(3,4)5/h11H,6-10H2,1-5H3,(H,15,18). The zero-order valence-corrected chi connectivity index (χ0v) is 12.8. The zero-order chi connectivity index (χ0) is 14.5. The van der Waals surface area contributed by atoms with E-state index < -0.39 is 11.8 Å². The first-order chi connectivity index (χ1) is 8.72. The molecule has 1 amide bonds. The molecule has 1 rings (SSSR count). The van der Waals surface area contributed by atoms with Crippen molar-refractivity contribution in [2.75, 3.05) is 0 Å². The molecule has 19 heavy (non-hydrogen) atoms. The van der Waals surface area contributed by atoms with E-state index in [1.807, 2.05) is 34.6 Å². The van der Waals surface area contributed by atoms with E-state index in [0.717, 1.165) is 25.7 Å². The molecule has 5 nitrogen and oxygen atoms in total. The fourth-order valence-corrected chi connectivity index (χ4v) is 2.07. The first-order valence-electron chi connectivity index (χ1n) is 7.15. The molecule has 0 heterocycles. The van der Waals surface area contributed by atoms with Crippen LogP contribution in [-0.4, -0.2) is 23.4 Å². The highest BCUT2D eigenvalue weighted by Gasteiger charge is 2.35. The van der Waals surface area contributed by atoms with Crippen LogP contribution < -0.4 is 5.32 Å². The van der Waals surface area contributed by atoms with Gasteiger partial charge in [-0.2, -0.15) is 10.2 Å². The molecule has 1 fully saturated rings. The van der Waals surface area contributed by atoms with Gasteiger partial charge in [0.25, 0.3) is 0 Å². The van der Waals surface area contributed by atoms with Gasteiger partial charge in [-0.1, -0.05) is 6.42 Å².